The highest BCUT2D eigenvalue weighted by atomic mass is 32.2. The first-order valence-electron chi connectivity index (χ1n) is 15.0. The molecule has 0 N–H and O–H groups in total. The molecule has 0 aromatic heterocycles. The van der Waals surface area contributed by atoms with Crippen LogP contribution in [0.25, 0.3) is 0 Å². The van der Waals surface area contributed by atoms with E-state index in [2.05, 4.69) is 32.9 Å². The SMILES string of the molecule is CC(=O)O[C@@H]1CC2=CC=C3[C@@H]4CC[C@H](C(C)COS(=O)(=O)c5ccc(C)cc5)[C@@]4(C)CC[C@@H]3[C@@]2(C)[C@@H](OC(C)=O)C1. The van der Waals surface area contributed by atoms with Crippen molar-refractivity contribution in [1.29, 1.82) is 0 Å². The van der Waals surface area contributed by atoms with E-state index >= 15 is 0 Å². The van der Waals surface area contributed by atoms with Crippen LogP contribution in [0.4, 0.5) is 0 Å². The van der Waals surface area contributed by atoms with Gasteiger partial charge >= 0.3 is 11.9 Å². The normalized spacial score (nSPS) is 35.2. The third kappa shape index (κ3) is 5.42. The maximum absolute atomic E-state index is 12.9. The van der Waals surface area contributed by atoms with Gasteiger partial charge in [-0.25, -0.2) is 0 Å². The summed E-state index contributed by atoms with van der Waals surface area (Å²) in [7, 11) is -3.81. The van der Waals surface area contributed by atoms with Crippen LogP contribution in [-0.4, -0.2) is 39.2 Å². The first-order valence-corrected chi connectivity index (χ1v) is 16.4. The number of hydrogen-bond acceptors (Lipinski definition) is 7. The van der Waals surface area contributed by atoms with Crippen LogP contribution in [0.5, 0.6) is 0 Å². The van der Waals surface area contributed by atoms with Gasteiger partial charge in [0.15, 0.2) is 0 Å². The molecule has 0 bridgehead atoms. The van der Waals surface area contributed by atoms with Gasteiger partial charge < -0.3 is 9.47 Å². The van der Waals surface area contributed by atoms with Crippen LogP contribution in [0.3, 0.4) is 0 Å². The van der Waals surface area contributed by atoms with E-state index in [9.17, 15) is 18.0 Å². The highest BCUT2D eigenvalue weighted by Crippen LogP contribution is 2.66. The van der Waals surface area contributed by atoms with Gasteiger partial charge in [0.2, 0.25) is 0 Å². The number of ether oxygens (including phenoxy) is 2. The summed E-state index contributed by atoms with van der Waals surface area (Å²) in [5, 5.41) is 0. The zero-order valence-corrected chi connectivity index (χ0v) is 26.0. The molecule has 41 heavy (non-hydrogen) atoms. The summed E-state index contributed by atoms with van der Waals surface area (Å²) < 4.78 is 42.9. The summed E-state index contributed by atoms with van der Waals surface area (Å²) in [5.74, 6) is 0.413. The fraction of sp³-hybridized carbons (Fsp3) is 0.636. The molecule has 0 saturated heterocycles. The highest BCUT2D eigenvalue weighted by molar-refractivity contribution is 7.86. The maximum Gasteiger partial charge on any atom is 0.302 e. The van der Waals surface area contributed by atoms with Crippen LogP contribution in [-0.2, 0) is 33.4 Å². The van der Waals surface area contributed by atoms with Gasteiger partial charge in [0.1, 0.15) is 12.2 Å². The van der Waals surface area contributed by atoms with E-state index < -0.39 is 10.1 Å². The number of carbonyl (C=O) groups is 2. The van der Waals surface area contributed by atoms with Gasteiger partial charge in [-0.3, -0.25) is 13.8 Å². The van der Waals surface area contributed by atoms with E-state index in [-0.39, 0.29) is 58.3 Å². The average molecular weight is 585 g/mol. The molecule has 1 aromatic carbocycles. The van der Waals surface area contributed by atoms with Crippen LogP contribution >= 0.6 is 0 Å². The van der Waals surface area contributed by atoms with Crippen molar-refractivity contribution in [2.75, 3.05) is 6.61 Å². The molecule has 7 nitrogen and oxygen atoms in total. The predicted molar refractivity (Wildman–Crippen MR) is 155 cm³/mol. The largest absolute Gasteiger partial charge is 0.462 e. The van der Waals surface area contributed by atoms with Gasteiger partial charge in [-0.2, -0.15) is 8.42 Å². The molecule has 0 amide bonds. The number of aryl methyl sites for hydroxylation is 1. The zero-order chi connectivity index (χ0) is 29.7. The minimum Gasteiger partial charge on any atom is -0.462 e. The van der Waals surface area contributed by atoms with Crippen molar-refractivity contribution in [2.45, 2.75) is 97.2 Å². The molecule has 0 radical (unpaired) electrons. The predicted octanol–water partition coefficient (Wildman–Crippen LogP) is 6.31. The molecule has 0 aliphatic heterocycles. The summed E-state index contributed by atoms with van der Waals surface area (Å²) in [6, 6.07) is 6.77. The van der Waals surface area contributed by atoms with Gasteiger partial charge in [-0.1, -0.05) is 61.8 Å². The van der Waals surface area contributed by atoms with Gasteiger partial charge in [-0.15, -0.1) is 0 Å². The standard InChI is InChI=1S/C33H44O7S/c1-20-7-10-26(11-8-20)41(36,37)38-19-21(2)28-13-14-29-27-12-9-24-17-25(39-22(3)34)18-31(40-23(4)35)33(24,6)30(27)15-16-32(28,29)5/h7-12,21,25,28-31H,13-19H2,1-6H3/t21?,25-,28-,29+,30+,31+,32-,33+/m1/s1. The van der Waals surface area contributed by atoms with Gasteiger partial charge in [0.05, 0.1) is 11.5 Å². The lowest BCUT2D eigenvalue weighted by Gasteiger charge is -2.57. The number of rotatable bonds is 7. The number of hydrogen-bond donors (Lipinski definition) is 0. The molecular formula is C33H44O7S. The van der Waals surface area contributed by atoms with E-state index in [0.717, 1.165) is 31.2 Å². The summed E-state index contributed by atoms with van der Waals surface area (Å²) in [5.41, 5.74) is 3.31. The first kappa shape index (κ1) is 30.0. The van der Waals surface area contributed by atoms with E-state index in [0.29, 0.717) is 24.7 Å². The van der Waals surface area contributed by atoms with Crippen LogP contribution in [0.2, 0.25) is 0 Å². The number of fused-ring (bicyclic) bond motifs is 5. The number of esters is 2. The van der Waals surface area contributed by atoms with Crippen molar-refractivity contribution in [3.05, 3.63) is 53.1 Å². The lowest BCUT2D eigenvalue weighted by Crippen LogP contribution is -2.54. The number of allylic oxidation sites excluding steroid dienone is 3. The lowest BCUT2D eigenvalue weighted by atomic mass is 9.49. The highest BCUT2D eigenvalue weighted by Gasteiger charge is 2.60. The van der Waals surface area contributed by atoms with Gasteiger partial charge in [0, 0.05) is 32.1 Å². The third-order valence-electron chi connectivity index (χ3n) is 10.8. The molecule has 0 spiro atoms. The molecule has 0 heterocycles. The van der Waals surface area contributed by atoms with Crippen molar-refractivity contribution in [1.82, 2.24) is 0 Å². The Morgan fingerprint density at radius 2 is 1.66 bits per heavy atom. The third-order valence-corrected chi connectivity index (χ3v) is 12.1. The van der Waals surface area contributed by atoms with E-state index in [1.165, 1.54) is 25.0 Å². The van der Waals surface area contributed by atoms with Crippen molar-refractivity contribution < 1.29 is 31.7 Å². The molecule has 3 fully saturated rings. The molecule has 4 aliphatic rings. The summed E-state index contributed by atoms with van der Waals surface area (Å²) in [4.78, 5) is 24.1. The second kappa shape index (κ2) is 11.0. The molecular weight excluding hydrogens is 540 g/mol. The Labute approximate surface area is 244 Å². The van der Waals surface area contributed by atoms with Crippen LogP contribution in [0.15, 0.2) is 52.5 Å². The Morgan fingerprint density at radius 3 is 2.32 bits per heavy atom. The van der Waals surface area contributed by atoms with Crippen LogP contribution < -0.4 is 0 Å². The first-order chi connectivity index (χ1) is 19.3. The average Bonchev–Trinajstić information content (AvgIpc) is 3.25. The summed E-state index contributed by atoms with van der Waals surface area (Å²) in [6.07, 6.45) is 9.03. The monoisotopic (exact) mass is 584 g/mol. The summed E-state index contributed by atoms with van der Waals surface area (Å²) in [6.45, 7) is 11.7. The minimum atomic E-state index is -3.81. The molecule has 5 rings (SSSR count). The lowest BCUT2D eigenvalue weighted by molar-refractivity contribution is -0.165. The fourth-order valence-electron chi connectivity index (χ4n) is 8.76. The van der Waals surface area contributed by atoms with Crippen molar-refractivity contribution in [3.8, 4) is 0 Å². The molecule has 4 aliphatic carbocycles. The molecule has 1 aromatic rings. The quantitative estimate of drug-likeness (QED) is 0.274. The molecule has 224 valence electrons. The van der Waals surface area contributed by atoms with Crippen molar-refractivity contribution in [2.24, 2.45) is 34.5 Å². The van der Waals surface area contributed by atoms with Gasteiger partial charge in [0.25, 0.3) is 10.1 Å². The van der Waals surface area contributed by atoms with E-state index in [1.54, 1.807) is 24.3 Å². The fourth-order valence-corrected chi connectivity index (χ4v) is 9.76. The Kier molecular flexibility index (Phi) is 8.05. The summed E-state index contributed by atoms with van der Waals surface area (Å²) >= 11 is 0. The maximum atomic E-state index is 12.9. The molecule has 8 atom stereocenters. The van der Waals surface area contributed by atoms with Crippen LogP contribution in [0, 0.1) is 41.4 Å². The Bertz CT molecular complexity index is 1360. The second-order valence-electron chi connectivity index (χ2n) is 13.3. The Morgan fingerprint density at radius 1 is 0.976 bits per heavy atom. The zero-order valence-electron chi connectivity index (χ0n) is 25.1. The number of carbonyl (C=O) groups excluding carboxylic acids is 2. The smallest absolute Gasteiger partial charge is 0.302 e. The van der Waals surface area contributed by atoms with E-state index in [4.69, 9.17) is 13.7 Å². The number of benzene rings is 1. The van der Waals surface area contributed by atoms with E-state index in [1.807, 2.05) is 6.92 Å². The molecule has 1 unspecified atom stereocenters. The van der Waals surface area contributed by atoms with Crippen molar-refractivity contribution in [3.63, 3.8) is 0 Å². The molecule has 3 saturated carbocycles. The molecule has 8 heteroatoms. The minimum absolute atomic E-state index is 0.0340. The van der Waals surface area contributed by atoms with Crippen LogP contribution in [0.1, 0.15) is 78.7 Å². The van der Waals surface area contributed by atoms with Gasteiger partial charge in [-0.05, 0) is 73.8 Å². The second-order valence-corrected chi connectivity index (χ2v) is 14.9. The van der Waals surface area contributed by atoms with Crippen molar-refractivity contribution >= 4 is 22.1 Å². The Hall–Kier alpha value is -2.45. The Balaban J connectivity index is 1.36. The topological polar surface area (TPSA) is 96.0 Å².